The van der Waals surface area contributed by atoms with Gasteiger partial charge in [0.05, 0.1) is 18.5 Å². The van der Waals surface area contributed by atoms with Crippen molar-refractivity contribution in [3.05, 3.63) is 60.7 Å². The van der Waals surface area contributed by atoms with Crippen molar-refractivity contribution in [2.24, 2.45) is 0 Å². The first kappa shape index (κ1) is 18.8. The molecule has 0 fully saturated rings. The molecule has 0 amide bonds. The van der Waals surface area contributed by atoms with E-state index in [-0.39, 0.29) is 11.9 Å². The number of rotatable bonds is 9. The molecule has 0 spiro atoms. The summed E-state index contributed by atoms with van der Waals surface area (Å²) in [4.78, 5) is 8.39. The molecule has 4 nitrogen and oxygen atoms in total. The molecule has 1 aromatic heterocycles. The molecule has 132 valence electrons. The largest absolute Gasteiger partial charge is 0.486 e. The van der Waals surface area contributed by atoms with Crippen molar-refractivity contribution in [3.8, 4) is 17.1 Å². The third-order valence-corrected chi connectivity index (χ3v) is 3.54. The van der Waals surface area contributed by atoms with Crippen molar-refractivity contribution >= 4 is 6.08 Å². The molecule has 25 heavy (non-hydrogen) atoms. The van der Waals surface area contributed by atoms with Crippen LogP contribution in [0.4, 0.5) is 4.39 Å². The number of nitrogens with zero attached hydrogens (tertiary/aromatic N) is 2. The Labute approximate surface area is 147 Å². The summed E-state index contributed by atoms with van der Waals surface area (Å²) in [5, 5.41) is 9.20. The highest BCUT2D eigenvalue weighted by molar-refractivity contribution is 5.60. The zero-order valence-electron chi connectivity index (χ0n) is 14.4. The minimum Gasteiger partial charge on any atom is -0.486 e. The van der Waals surface area contributed by atoms with E-state index in [1.165, 1.54) is 6.07 Å². The number of unbranched alkanes of at least 4 members (excludes halogenated alkanes) is 1. The van der Waals surface area contributed by atoms with Crippen LogP contribution in [0.3, 0.4) is 0 Å². The van der Waals surface area contributed by atoms with E-state index in [0.29, 0.717) is 29.3 Å². The first-order valence-corrected chi connectivity index (χ1v) is 8.30. The van der Waals surface area contributed by atoms with Crippen LogP contribution in [0, 0.1) is 5.82 Å². The molecule has 0 radical (unpaired) electrons. The van der Waals surface area contributed by atoms with Gasteiger partial charge >= 0.3 is 0 Å². The number of aliphatic hydroxyl groups excluding tert-OH is 1. The summed E-state index contributed by atoms with van der Waals surface area (Å²) in [6, 6.07) is 4.93. The van der Waals surface area contributed by atoms with Crippen LogP contribution in [-0.4, -0.2) is 27.8 Å². The average molecular weight is 342 g/mol. The van der Waals surface area contributed by atoms with Gasteiger partial charge in [0.25, 0.3) is 0 Å². The van der Waals surface area contributed by atoms with Crippen LogP contribution in [0.5, 0.6) is 5.75 Å². The van der Waals surface area contributed by atoms with E-state index in [1.54, 1.807) is 43.6 Å². The highest BCUT2D eigenvalue weighted by Crippen LogP contribution is 2.21. The third-order valence-electron chi connectivity index (χ3n) is 3.54. The molecule has 1 unspecified atom stereocenters. The van der Waals surface area contributed by atoms with Gasteiger partial charge in [-0.2, -0.15) is 0 Å². The van der Waals surface area contributed by atoms with Crippen LogP contribution in [0.15, 0.2) is 49.3 Å². The summed E-state index contributed by atoms with van der Waals surface area (Å²) < 4.78 is 19.6. The summed E-state index contributed by atoms with van der Waals surface area (Å²) in [5.74, 6) is 0.665. The fourth-order valence-corrected chi connectivity index (χ4v) is 2.24. The van der Waals surface area contributed by atoms with Crippen LogP contribution in [-0.2, 0) is 0 Å². The number of hydrogen-bond acceptors (Lipinski definition) is 4. The van der Waals surface area contributed by atoms with Gasteiger partial charge in [-0.1, -0.05) is 36.9 Å². The van der Waals surface area contributed by atoms with Crippen LogP contribution < -0.4 is 4.74 Å². The Morgan fingerprint density at radius 1 is 1.32 bits per heavy atom. The van der Waals surface area contributed by atoms with Crippen molar-refractivity contribution in [2.45, 2.75) is 32.3 Å². The molecule has 5 heteroatoms. The zero-order valence-corrected chi connectivity index (χ0v) is 14.4. The van der Waals surface area contributed by atoms with E-state index in [2.05, 4.69) is 16.5 Å². The number of aliphatic hydroxyl groups is 1. The van der Waals surface area contributed by atoms with Gasteiger partial charge in [0.15, 0.2) is 11.6 Å². The quantitative estimate of drug-likeness (QED) is 0.542. The Morgan fingerprint density at radius 2 is 2.08 bits per heavy atom. The SMILES string of the molecule is C=CCOc1cnc(-c2ccc(/C=C/CCCC(C)O)c(F)c2)nc1. The predicted octanol–water partition coefficient (Wildman–Crippen LogP) is 4.41. The molecule has 2 aromatic rings. The van der Waals surface area contributed by atoms with Gasteiger partial charge in [-0.05, 0) is 32.3 Å². The zero-order chi connectivity index (χ0) is 18.1. The summed E-state index contributed by atoms with van der Waals surface area (Å²) in [6.45, 7) is 5.72. The van der Waals surface area contributed by atoms with Gasteiger partial charge in [-0.3, -0.25) is 0 Å². The number of ether oxygens (including phenoxy) is 1. The summed E-state index contributed by atoms with van der Waals surface area (Å²) in [5.41, 5.74) is 1.13. The minimum absolute atomic E-state index is 0.294. The van der Waals surface area contributed by atoms with E-state index >= 15 is 0 Å². The smallest absolute Gasteiger partial charge is 0.159 e. The van der Waals surface area contributed by atoms with Gasteiger partial charge in [0, 0.05) is 11.1 Å². The standard InChI is InChI=1S/C20H23FN2O2/c1-3-11-25-18-13-22-20(23-14-18)17-10-9-16(19(21)12-17)8-6-4-5-7-15(2)24/h3,6,8-10,12-15,24H,1,4-5,7,11H2,2H3/b8-6+. The van der Waals surface area contributed by atoms with Gasteiger partial charge in [0.1, 0.15) is 12.4 Å². The van der Waals surface area contributed by atoms with Crippen LogP contribution in [0.2, 0.25) is 0 Å². The molecule has 0 saturated heterocycles. The number of halogens is 1. The third kappa shape index (κ3) is 6.12. The van der Waals surface area contributed by atoms with Crippen molar-refractivity contribution < 1.29 is 14.2 Å². The van der Waals surface area contributed by atoms with Crippen molar-refractivity contribution in [2.75, 3.05) is 6.61 Å². The molecular weight excluding hydrogens is 319 g/mol. The highest BCUT2D eigenvalue weighted by Gasteiger charge is 2.06. The molecule has 0 aliphatic carbocycles. The van der Waals surface area contributed by atoms with Gasteiger partial charge in [-0.25, -0.2) is 14.4 Å². The maximum absolute atomic E-state index is 14.2. The van der Waals surface area contributed by atoms with Crippen molar-refractivity contribution in [1.82, 2.24) is 9.97 Å². The summed E-state index contributed by atoms with van der Waals surface area (Å²) in [6.07, 6.45) is 10.6. The fraction of sp³-hybridized carbons (Fsp3) is 0.300. The average Bonchev–Trinajstić information content (AvgIpc) is 2.61. The lowest BCUT2D eigenvalue weighted by Crippen LogP contribution is -1.97. The lowest BCUT2D eigenvalue weighted by atomic mass is 10.1. The predicted molar refractivity (Wildman–Crippen MR) is 97.7 cm³/mol. The van der Waals surface area contributed by atoms with Crippen molar-refractivity contribution in [1.29, 1.82) is 0 Å². The molecule has 0 bridgehead atoms. The first-order chi connectivity index (χ1) is 12.1. The summed E-state index contributed by atoms with van der Waals surface area (Å²) in [7, 11) is 0. The topological polar surface area (TPSA) is 55.2 Å². The van der Waals surface area contributed by atoms with E-state index in [0.717, 1.165) is 19.3 Å². The number of aromatic nitrogens is 2. The molecule has 1 heterocycles. The normalized spacial score (nSPS) is 12.3. The van der Waals surface area contributed by atoms with Crippen LogP contribution in [0.1, 0.15) is 31.7 Å². The maximum atomic E-state index is 14.2. The van der Waals surface area contributed by atoms with E-state index in [9.17, 15) is 9.50 Å². The highest BCUT2D eigenvalue weighted by atomic mass is 19.1. The molecular formula is C20H23FN2O2. The second-order valence-electron chi connectivity index (χ2n) is 5.76. The maximum Gasteiger partial charge on any atom is 0.159 e. The number of allylic oxidation sites excluding steroid dienone is 1. The van der Waals surface area contributed by atoms with Gasteiger partial charge < -0.3 is 9.84 Å². The number of hydrogen-bond donors (Lipinski definition) is 1. The molecule has 0 saturated carbocycles. The second-order valence-corrected chi connectivity index (χ2v) is 5.76. The van der Waals surface area contributed by atoms with E-state index in [1.807, 2.05) is 6.08 Å². The Morgan fingerprint density at radius 3 is 2.72 bits per heavy atom. The molecule has 0 aliphatic rings. The molecule has 2 rings (SSSR count). The van der Waals surface area contributed by atoms with Gasteiger partial charge in [0.2, 0.25) is 0 Å². The molecule has 1 N–H and O–H groups in total. The fourth-order valence-electron chi connectivity index (χ4n) is 2.24. The lowest BCUT2D eigenvalue weighted by Gasteiger charge is -2.05. The summed E-state index contributed by atoms with van der Waals surface area (Å²) >= 11 is 0. The first-order valence-electron chi connectivity index (χ1n) is 8.30. The van der Waals surface area contributed by atoms with Crippen molar-refractivity contribution in [3.63, 3.8) is 0 Å². The van der Waals surface area contributed by atoms with Gasteiger partial charge in [-0.15, -0.1) is 0 Å². The molecule has 1 aromatic carbocycles. The molecule has 0 aliphatic heterocycles. The second kappa shape index (κ2) is 9.69. The Balaban J connectivity index is 2.00. The minimum atomic E-state index is -0.320. The van der Waals surface area contributed by atoms with E-state index in [4.69, 9.17) is 4.74 Å². The van der Waals surface area contributed by atoms with Crippen LogP contribution >= 0.6 is 0 Å². The van der Waals surface area contributed by atoms with E-state index < -0.39 is 0 Å². The van der Waals surface area contributed by atoms with Crippen LogP contribution in [0.25, 0.3) is 17.5 Å². The Hall–Kier alpha value is -2.53. The Bertz CT molecular complexity index is 712. The monoisotopic (exact) mass is 342 g/mol. The lowest BCUT2D eigenvalue weighted by molar-refractivity contribution is 0.182. The molecule has 1 atom stereocenters. The Kier molecular flexibility index (Phi) is 7.29. The number of benzene rings is 1.